The van der Waals surface area contributed by atoms with Crippen molar-refractivity contribution < 1.29 is 23.8 Å². The predicted octanol–water partition coefficient (Wildman–Crippen LogP) is 2.73. The Morgan fingerprint density at radius 3 is 2.78 bits per heavy atom. The predicted molar refractivity (Wildman–Crippen MR) is 99.5 cm³/mol. The Hall–Kier alpha value is -2.60. The van der Waals surface area contributed by atoms with Gasteiger partial charge in [-0.25, -0.2) is 4.39 Å². The van der Waals surface area contributed by atoms with E-state index >= 15 is 0 Å². The molecule has 0 radical (unpaired) electrons. The first-order chi connectivity index (χ1) is 13.0. The van der Waals surface area contributed by atoms with Gasteiger partial charge in [-0.3, -0.25) is 4.79 Å². The van der Waals surface area contributed by atoms with E-state index in [0.29, 0.717) is 25.1 Å². The van der Waals surface area contributed by atoms with Crippen LogP contribution in [0.25, 0.3) is 0 Å². The Bertz CT molecular complexity index is 811. The van der Waals surface area contributed by atoms with Gasteiger partial charge in [-0.2, -0.15) is 0 Å². The summed E-state index contributed by atoms with van der Waals surface area (Å²) in [6, 6.07) is 11.8. The molecule has 1 heterocycles. The fourth-order valence-electron chi connectivity index (χ4n) is 3.28. The van der Waals surface area contributed by atoms with Crippen molar-refractivity contribution in [1.82, 2.24) is 4.90 Å². The van der Waals surface area contributed by atoms with E-state index in [2.05, 4.69) is 0 Å². The van der Waals surface area contributed by atoms with E-state index in [1.54, 1.807) is 4.90 Å². The normalized spacial score (nSPS) is 19.6. The molecule has 0 saturated carbocycles. The number of aryl methyl sites for hydroxylation is 1. The van der Waals surface area contributed by atoms with Gasteiger partial charge >= 0.3 is 0 Å². The zero-order valence-corrected chi connectivity index (χ0v) is 15.5. The summed E-state index contributed by atoms with van der Waals surface area (Å²) < 4.78 is 24.3. The monoisotopic (exact) mass is 373 g/mol. The Morgan fingerprint density at radius 1 is 1.26 bits per heavy atom. The molecule has 1 aliphatic rings. The largest absolute Gasteiger partial charge is 0.493 e. The van der Waals surface area contributed by atoms with E-state index < -0.39 is 18.0 Å². The highest BCUT2D eigenvalue weighted by atomic mass is 19.1. The van der Waals surface area contributed by atoms with Gasteiger partial charge in [0.25, 0.3) is 0 Å². The van der Waals surface area contributed by atoms with Crippen LogP contribution in [-0.2, 0) is 11.2 Å². The summed E-state index contributed by atoms with van der Waals surface area (Å²) in [6.45, 7) is 2.69. The number of amides is 1. The van der Waals surface area contributed by atoms with Crippen LogP contribution in [-0.4, -0.2) is 48.3 Å². The van der Waals surface area contributed by atoms with Crippen molar-refractivity contribution in [3.05, 3.63) is 59.4 Å². The molecule has 3 rings (SSSR count). The molecule has 5 nitrogen and oxygen atoms in total. The lowest BCUT2D eigenvalue weighted by molar-refractivity contribution is -0.136. The molecule has 1 saturated heterocycles. The minimum absolute atomic E-state index is 0.0162. The van der Waals surface area contributed by atoms with Gasteiger partial charge in [-0.15, -0.1) is 0 Å². The molecule has 1 amide bonds. The van der Waals surface area contributed by atoms with Gasteiger partial charge in [-0.05, 0) is 24.6 Å². The number of piperidine rings is 1. The first-order valence-corrected chi connectivity index (χ1v) is 8.98. The van der Waals surface area contributed by atoms with Gasteiger partial charge in [-0.1, -0.05) is 29.8 Å². The Labute approximate surface area is 158 Å². The smallest absolute Gasteiger partial charge is 0.227 e. The SMILES string of the molecule is COc1cc(F)ccc1O[C@@H]1CCN(C(=O)Cc2cccc(C)c2)C[C@H]1O. The molecule has 0 spiro atoms. The third-order valence-electron chi connectivity index (χ3n) is 4.71. The molecule has 2 aromatic carbocycles. The number of hydrogen-bond donors (Lipinski definition) is 1. The third-order valence-corrected chi connectivity index (χ3v) is 4.71. The summed E-state index contributed by atoms with van der Waals surface area (Å²) >= 11 is 0. The quantitative estimate of drug-likeness (QED) is 0.876. The van der Waals surface area contributed by atoms with Gasteiger partial charge in [0.05, 0.1) is 20.1 Å². The number of benzene rings is 2. The van der Waals surface area contributed by atoms with Gasteiger partial charge in [0.15, 0.2) is 11.5 Å². The highest BCUT2D eigenvalue weighted by molar-refractivity contribution is 5.79. The summed E-state index contributed by atoms with van der Waals surface area (Å²) in [4.78, 5) is 14.2. The van der Waals surface area contributed by atoms with Gasteiger partial charge in [0, 0.05) is 19.0 Å². The summed E-state index contributed by atoms with van der Waals surface area (Å²) in [6.07, 6.45) is -0.505. The summed E-state index contributed by atoms with van der Waals surface area (Å²) in [5.74, 6) is 0.219. The van der Waals surface area contributed by atoms with E-state index in [4.69, 9.17) is 9.47 Å². The Balaban J connectivity index is 1.59. The summed E-state index contributed by atoms with van der Waals surface area (Å²) in [5, 5.41) is 10.4. The lowest BCUT2D eigenvalue weighted by Crippen LogP contribution is -2.51. The van der Waals surface area contributed by atoms with Crippen molar-refractivity contribution >= 4 is 5.91 Å². The number of hydrogen-bond acceptors (Lipinski definition) is 4. The zero-order valence-electron chi connectivity index (χ0n) is 15.5. The van der Waals surface area contributed by atoms with Crippen molar-refractivity contribution in [2.45, 2.75) is 32.0 Å². The topological polar surface area (TPSA) is 59.0 Å². The molecule has 144 valence electrons. The number of ether oxygens (including phenoxy) is 2. The van der Waals surface area contributed by atoms with E-state index in [1.807, 2.05) is 31.2 Å². The second-order valence-electron chi connectivity index (χ2n) is 6.81. The van der Waals surface area contributed by atoms with Crippen LogP contribution >= 0.6 is 0 Å². The van der Waals surface area contributed by atoms with Crippen LogP contribution in [0, 0.1) is 12.7 Å². The van der Waals surface area contributed by atoms with E-state index in [0.717, 1.165) is 11.1 Å². The Morgan fingerprint density at radius 2 is 2.07 bits per heavy atom. The number of carbonyl (C=O) groups is 1. The van der Waals surface area contributed by atoms with Gasteiger partial charge in [0.1, 0.15) is 18.0 Å². The van der Waals surface area contributed by atoms with Crippen LogP contribution in [0.5, 0.6) is 11.5 Å². The number of methoxy groups -OCH3 is 1. The number of aliphatic hydroxyl groups excluding tert-OH is 1. The highest BCUT2D eigenvalue weighted by Crippen LogP contribution is 2.30. The molecule has 1 aliphatic heterocycles. The van der Waals surface area contributed by atoms with Crippen LogP contribution in [0.4, 0.5) is 4.39 Å². The zero-order chi connectivity index (χ0) is 19.4. The molecule has 0 unspecified atom stereocenters. The first kappa shape index (κ1) is 19.2. The molecule has 1 N–H and O–H groups in total. The third kappa shape index (κ3) is 4.77. The average Bonchev–Trinajstić information content (AvgIpc) is 2.64. The maximum atomic E-state index is 13.3. The van der Waals surface area contributed by atoms with Crippen molar-refractivity contribution in [1.29, 1.82) is 0 Å². The molecule has 1 fully saturated rings. The van der Waals surface area contributed by atoms with E-state index in [9.17, 15) is 14.3 Å². The minimum Gasteiger partial charge on any atom is -0.493 e. The maximum Gasteiger partial charge on any atom is 0.227 e. The molecular formula is C21H24FNO4. The van der Waals surface area contributed by atoms with E-state index in [-0.39, 0.29) is 18.2 Å². The van der Waals surface area contributed by atoms with Crippen molar-refractivity contribution in [3.8, 4) is 11.5 Å². The molecule has 0 aromatic heterocycles. The van der Waals surface area contributed by atoms with Gasteiger partial charge < -0.3 is 19.5 Å². The maximum absolute atomic E-state index is 13.3. The van der Waals surface area contributed by atoms with Gasteiger partial charge in [0.2, 0.25) is 5.91 Å². The van der Waals surface area contributed by atoms with Crippen molar-refractivity contribution in [2.24, 2.45) is 0 Å². The minimum atomic E-state index is -0.824. The number of aliphatic hydroxyl groups is 1. The fraction of sp³-hybridized carbons (Fsp3) is 0.381. The second-order valence-corrected chi connectivity index (χ2v) is 6.81. The highest BCUT2D eigenvalue weighted by Gasteiger charge is 2.32. The average molecular weight is 373 g/mol. The number of carbonyl (C=O) groups excluding carboxylic acids is 1. The van der Waals surface area contributed by atoms with Crippen LogP contribution in [0.3, 0.4) is 0 Å². The second kappa shape index (κ2) is 8.39. The van der Waals surface area contributed by atoms with Crippen molar-refractivity contribution in [2.75, 3.05) is 20.2 Å². The number of nitrogens with zero attached hydrogens (tertiary/aromatic N) is 1. The van der Waals surface area contributed by atoms with Crippen LogP contribution in [0.15, 0.2) is 42.5 Å². The lowest BCUT2D eigenvalue weighted by atomic mass is 10.0. The molecule has 2 atom stereocenters. The number of likely N-dealkylation sites (tertiary alicyclic amines) is 1. The molecule has 0 aliphatic carbocycles. The Kier molecular flexibility index (Phi) is 5.96. The summed E-state index contributed by atoms with van der Waals surface area (Å²) in [7, 11) is 1.44. The lowest BCUT2D eigenvalue weighted by Gasteiger charge is -2.36. The van der Waals surface area contributed by atoms with Crippen LogP contribution in [0.2, 0.25) is 0 Å². The molecule has 6 heteroatoms. The summed E-state index contributed by atoms with van der Waals surface area (Å²) in [5.41, 5.74) is 2.07. The van der Waals surface area contributed by atoms with E-state index in [1.165, 1.54) is 25.3 Å². The van der Waals surface area contributed by atoms with Crippen LogP contribution in [0.1, 0.15) is 17.5 Å². The molecular weight excluding hydrogens is 349 g/mol. The number of β-amino-alcohol motifs (C(OH)–C–C–N with tert-alkyl or cyclic N) is 1. The molecule has 27 heavy (non-hydrogen) atoms. The standard InChI is InChI=1S/C21H24FNO4/c1-14-4-3-5-15(10-14)11-21(25)23-9-8-18(17(24)13-23)27-19-7-6-16(22)12-20(19)26-2/h3-7,10,12,17-18,24H,8-9,11,13H2,1-2H3/t17-,18-/m1/s1. The number of halogens is 1. The number of rotatable bonds is 5. The molecule has 2 aromatic rings. The molecule has 0 bridgehead atoms. The van der Waals surface area contributed by atoms with Crippen LogP contribution < -0.4 is 9.47 Å². The first-order valence-electron chi connectivity index (χ1n) is 8.98. The fourth-order valence-corrected chi connectivity index (χ4v) is 3.28. The van der Waals surface area contributed by atoms with Crippen molar-refractivity contribution in [3.63, 3.8) is 0 Å².